The maximum Gasteiger partial charge on any atom is 0.179 e. The van der Waals surface area contributed by atoms with Crippen LogP contribution in [0.5, 0.6) is 0 Å². The van der Waals surface area contributed by atoms with Crippen molar-refractivity contribution in [3.8, 4) is 33.4 Å². The number of isothiocyanates is 2. The fourth-order valence-electron chi connectivity index (χ4n) is 4.03. The highest BCUT2D eigenvalue weighted by atomic mass is 32.1. The summed E-state index contributed by atoms with van der Waals surface area (Å²) in [4.78, 5) is 7.08. The van der Waals surface area contributed by atoms with E-state index >= 15 is 4.39 Å². The molecule has 0 heterocycles. The van der Waals surface area contributed by atoms with Gasteiger partial charge in [0.25, 0.3) is 0 Å². The van der Waals surface area contributed by atoms with Crippen molar-refractivity contribution in [1.29, 1.82) is 0 Å². The predicted octanol–water partition coefficient (Wildman–Crippen LogP) is 9.53. The van der Waals surface area contributed by atoms with E-state index in [2.05, 4.69) is 65.6 Å². The van der Waals surface area contributed by atoms with Crippen LogP contribution in [0.25, 0.3) is 33.4 Å². The Labute approximate surface area is 217 Å². The predicted molar refractivity (Wildman–Crippen MR) is 146 cm³/mol. The summed E-state index contributed by atoms with van der Waals surface area (Å²) in [6.45, 7) is 2.15. The Bertz CT molecular complexity index is 1520. The highest BCUT2D eigenvalue weighted by Crippen LogP contribution is 2.41. The topological polar surface area (TPSA) is 24.7 Å². The van der Waals surface area contributed by atoms with Gasteiger partial charge in [0, 0.05) is 11.1 Å². The van der Waals surface area contributed by atoms with E-state index in [1.165, 1.54) is 17.7 Å². The summed E-state index contributed by atoms with van der Waals surface area (Å²) in [6, 6.07) is 21.6. The lowest BCUT2D eigenvalue weighted by Crippen LogP contribution is -1.92. The average molecular weight is 517 g/mol. The van der Waals surface area contributed by atoms with E-state index in [4.69, 9.17) is 0 Å². The monoisotopic (exact) mass is 516 g/mol. The molecule has 0 amide bonds. The molecule has 4 aromatic carbocycles. The van der Waals surface area contributed by atoms with Crippen molar-refractivity contribution in [2.75, 3.05) is 0 Å². The molecule has 36 heavy (non-hydrogen) atoms. The third-order valence-corrected chi connectivity index (χ3v) is 5.97. The second-order valence-electron chi connectivity index (χ2n) is 8.04. The Kier molecular flexibility index (Phi) is 7.99. The van der Waals surface area contributed by atoms with Crippen molar-refractivity contribution in [3.05, 3.63) is 95.8 Å². The van der Waals surface area contributed by atoms with Crippen LogP contribution in [0.4, 0.5) is 24.5 Å². The van der Waals surface area contributed by atoms with Gasteiger partial charge >= 0.3 is 0 Å². The van der Waals surface area contributed by atoms with E-state index in [1.54, 1.807) is 6.07 Å². The smallest absolute Gasteiger partial charge is 0.179 e. The maximum atomic E-state index is 15.2. The number of aryl methyl sites for hydroxylation is 1. The van der Waals surface area contributed by atoms with Crippen LogP contribution in [0.1, 0.15) is 18.9 Å². The number of thiocarbonyl (C=S) groups is 2. The average Bonchev–Trinajstić information content (AvgIpc) is 2.89. The van der Waals surface area contributed by atoms with Crippen molar-refractivity contribution < 1.29 is 13.2 Å². The van der Waals surface area contributed by atoms with Crippen molar-refractivity contribution in [2.24, 2.45) is 9.98 Å². The molecule has 0 N–H and O–H groups in total. The molecule has 0 saturated carbocycles. The minimum atomic E-state index is -1.12. The van der Waals surface area contributed by atoms with Crippen LogP contribution < -0.4 is 0 Å². The third kappa shape index (κ3) is 5.25. The van der Waals surface area contributed by atoms with Gasteiger partial charge in [-0.05, 0) is 70.8 Å². The Morgan fingerprint density at radius 3 is 1.72 bits per heavy atom. The molecule has 0 unspecified atom stereocenters. The zero-order chi connectivity index (χ0) is 25.7. The molecule has 0 atom stereocenters. The number of halogens is 3. The number of aliphatic imine (C=N–C) groups is 2. The van der Waals surface area contributed by atoms with Gasteiger partial charge in [-0.2, -0.15) is 9.98 Å². The summed E-state index contributed by atoms with van der Waals surface area (Å²) in [5, 5.41) is 3.96. The molecule has 0 aliphatic rings. The summed E-state index contributed by atoms with van der Waals surface area (Å²) in [6.07, 6.45) is 2.15. The molecule has 0 saturated heterocycles. The van der Waals surface area contributed by atoms with Crippen LogP contribution in [-0.4, -0.2) is 10.3 Å². The Balaban J connectivity index is 1.68. The van der Waals surface area contributed by atoms with Crippen LogP contribution in [-0.2, 0) is 6.42 Å². The van der Waals surface area contributed by atoms with E-state index in [1.807, 2.05) is 34.6 Å². The van der Waals surface area contributed by atoms with Crippen molar-refractivity contribution in [1.82, 2.24) is 0 Å². The quantitative estimate of drug-likeness (QED) is 0.180. The minimum Gasteiger partial charge on any atom is -0.206 e. The van der Waals surface area contributed by atoms with Crippen LogP contribution in [0.15, 0.2) is 82.8 Å². The standard InChI is InChI=1S/C29H19F3N2S2/c1-2-3-18-4-6-19(7-5-18)20-8-10-21(11-9-20)22-12-13-23(25(30)14-22)24-15-26(31)29(34-17-36)27(32)28(24)33-16-35/h4-15H,2-3H2,1H3. The minimum absolute atomic E-state index is 0.0396. The molecule has 0 radical (unpaired) electrons. The lowest BCUT2D eigenvalue weighted by Gasteiger charge is -2.12. The zero-order valence-corrected chi connectivity index (χ0v) is 20.8. The fourth-order valence-corrected chi connectivity index (χ4v) is 4.21. The van der Waals surface area contributed by atoms with Gasteiger partial charge in [0.05, 0.1) is 10.3 Å². The van der Waals surface area contributed by atoms with Gasteiger partial charge in [-0.15, -0.1) is 0 Å². The lowest BCUT2D eigenvalue weighted by molar-refractivity contribution is 0.589. The van der Waals surface area contributed by atoms with Crippen molar-refractivity contribution in [2.45, 2.75) is 19.8 Å². The van der Waals surface area contributed by atoms with Crippen molar-refractivity contribution in [3.63, 3.8) is 0 Å². The molecular formula is C29H19F3N2S2. The number of hydrogen-bond donors (Lipinski definition) is 0. The third-order valence-electron chi connectivity index (χ3n) is 5.79. The summed E-state index contributed by atoms with van der Waals surface area (Å²) >= 11 is 9.03. The SMILES string of the molecule is CCCc1ccc(-c2ccc(-c3ccc(-c4cc(F)c(N=C=S)c(F)c4N=C=S)c(F)c3)cc2)cc1. The molecule has 0 bridgehead atoms. The van der Waals surface area contributed by atoms with E-state index in [0.717, 1.165) is 35.6 Å². The van der Waals surface area contributed by atoms with Crippen LogP contribution in [0.2, 0.25) is 0 Å². The summed E-state index contributed by atoms with van der Waals surface area (Å²) in [5.74, 6) is -2.82. The maximum absolute atomic E-state index is 15.2. The molecule has 178 valence electrons. The first-order valence-electron chi connectivity index (χ1n) is 11.1. The molecule has 2 nitrogen and oxygen atoms in total. The summed E-state index contributed by atoms with van der Waals surface area (Å²) in [5.41, 5.74) is 3.65. The van der Waals surface area contributed by atoms with E-state index in [9.17, 15) is 8.78 Å². The van der Waals surface area contributed by atoms with Gasteiger partial charge in [0.15, 0.2) is 11.6 Å². The molecule has 7 heteroatoms. The molecule has 0 aromatic heterocycles. The zero-order valence-electron chi connectivity index (χ0n) is 19.2. The van der Waals surface area contributed by atoms with Gasteiger partial charge in [-0.1, -0.05) is 74.0 Å². The molecule has 0 fully saturated rings. The number of hydrogen-bond acceptors (Lipinski definition) is 4. The first kappa shape index (κ1) is 25.4. The van der Waals surface area contributed by atoms with Crippen LogP contribution >= 0.6 is 24.4 Å². The molecule has 4 aromatic rings. The van der Waals surface area contributed by atoms with E-state index < -0.39 is 23.1 Å². The Hall–Kier alpha value is -3.73. The first-order chi connectivity index (χ1) is 17.5. The number of benzene rings is 4. The second kappa shape index (κ2) is 11.3. The number of rotatable bonds is 7. The second-order valence-corrected chi connectivity index (χ2v) is 8.41. The van der Waals surface area contributed by atoms with E-state index in [-0.39, 0.29) is 16.8 Å². The van der Waals surface area contributed by atoms with Crippen LogP contribution in [0.3, 0.4) is 0 Å². The Morgan fingerprint density at radius 2 is 1.17 bits per heavy atom. The van der Waals surface area contributed by atoms with Gasteiger partial charge < -0.3 is 0 Å². The molecular weight excluding hydrogens is 497 g/mol. The van der Waals surface area contributed by atoms with E-state index in [0.29, 0.717) is 5.56 Å². The van der Waals surface area contributed by atoms with Gasteiger partial charge in [0.1, 0.15) is 17.2 Å². The molecule has 0 aliphatic heterocycles. The molecule has 4 rings (SSSR count). The molecule has 0 spiro atoms. The van der Waals surface area contributed by atoms with Gasteiger partial charge in [-0.25, -0.2) is 13.2 Å². The highest BCUT2D eigenvalue weighted by Gasteiger charge is 2.21. The fraction of sp³-hybridized carbons (Fsp3) is 0.103. The largest absolute Gasteiger partial charge is 0.206 e. The summed E-state index contributed by atoms with van der Waals surface area (Å²) < 4.78 is 44.5. The van der Waals surface area contributed by atoms with Crippen molar-refractivity contribution >= 4 is 46.1 Å². The number of nitrogens with zero attached hydrogens (tertiary/aromatic N) is 2. The lowest BCUT2D eigenvalue weighted by atomic mass is 9.96. The Morgan fingerprint density at radius 1 is 0.639 bits per heavy atom. The summed E-state index contributed by atoms with van der Waals surface area (Å²) in [7, 11) is 0. The molecule has 0 aliphatic carbocycles. The first-order valence-corrected chi connectivity index (χ1v) is 12.0. The van der Waals surface area contributed by atoms with Crippen LogP contribution in [0, 0.1) is 17.5 Å². The normalized spacial score (nSPS) is 10.4. The van der Waals surface area contributed by atoms with Gasteiger partial charge in [0.2, 0.25) is 0 Å². The highest BCUT2D eigenvalue weighted by molar-refractivity contribution is 7.78. The van der Waals surface area contributed by atoms with Gasteiger partial charge in [-0.3, -0.25) is 0 Å².